The SMILES string of the molecule is COc1cccc(-c2cc(C(=O)N[C@@H](Cc3ccccc3)C(=O)N3CCN(C)CC3)no2)c1. The number of piperazine rings is 1. The molecular weight excluding hydrogens is 420 g/mol. The van der Waals surface area contributed by atoms with Crippen LogP contribution in [0.25, 0.3) is 11.3 Å². The number of hydrogen-bond donors (Lipinski definition) is 1. The summed E-state index contributed by atoms with van der Waals surface area (Å²) in [5.74, 6) is 0.591. The molecule has 0 saturated carbocycles. The summed E-state index contributed by atoms with van der Waals surface area (Å²) in [5, 5.41) is 6.82. The first-order chi connectivity index (χ1) is 16.0. The van der Waals surface area contributed by atoms with E-state index < -0.39 is 11.9 Å². The minimum Gasteiger partial charge on any atom is -0.497 e. The van der Waals surface area contributed by atoms with Crippen molar-refractivity contribution in [3.05, 3.63) is 71.9 Å². The Morgan fingerprint density at radius 1 is 1.06 bits per heavy atom. The van der Waals surface area contributed by atoms with Crippen LogP contribution in [0.15, 0.2) is 65.2 Å². The number of likely N-dealkylation sites (N-methyl/N-ethyl adjacent to an activating group) is 1. The number of nitrogens with zero attached hydrogens (tertiary/aromatic N) is 3. The minimum atomic E-state index is -0.694. The highest BCUT2D eigenvalue weighted by Gasteiger charge is 2.29. The summed E-state index contributed by atoms with van der Waals surface area (Å²) in [5.41, 5.74) is 1.84. The van der Waals surface area contributed by atoms with Gasteiger partial charge in [0.2, 0.25) is 5.91 Å². The van der Waals surface area contributed by atoms with Crippen molar-refractivity contribution in [2.75, 3.05) is 40.3 Å². The zero-order chi connectivity index (χ0) is 23.2. The fraction of sp³-hybridized carbons (Fsp3) is 0.320. The third-order valence-corrected chi connectivity index (χ3v) is 5.80. The topological polar surface area (TPSA) is 87.9 Å². The van der Waals surface area contributed by atoms with Crippen LogP contribution in [0.4, 0.5) is 0 Å². The van der Waals surface area contributed by atoms with Crippen LogP contribution in [-0.4, -0.2) is 73.1 Å². The van der Waals surface area contributed by atoms with Crippen molar-refractivity contribution in [3.8, 4) is 17.1 Å². The second-order valence-corrected chi connectivity index (χ2v) is 8.15. The fourth-order valence-electron chi connectivity index (χ4n) is 3.82. The molecule has 1 aliphatic rings. The van der Waals surface area contributed by atoms with Crippen molar-refractivity contribution in [2.45, 2.75) is 12.5 Å². The Labute approximate surface area is 193 Å². The Hall–Kier alpha value is -3.65. The second-order valence-electron chi connectivity index (χ2n) is 8.15. The maximum absolute atomic E-state index is 13.3. The Kier molecular flexibility index (Phi) is 7.04. The van der Waals surface area contributed by atoms with Crippen LogP contribution in [0, 0.1) is 0 Å². The van der Waals surface area contributed by atoms with E-state index in [9.17, 15) is 9.59 Å². The molecule has 1 N–H and O–H groups in total. The van der Waals surface area contributed by atoms with Gasteiger partial charge in [0.25, 0.3) is 5.91 Å². The number of methoxy groups -OCH3 is 1. The zero-order valence-electron chi connectivity index (χ0n) is 18.9. The Morgan fingerprint density at radius 3 is 2.55 bits per heavy atom. The van der Waals surface area contributed by atoms with Gasteiger partial charge in [-0.1, -0.05) is 47.6 Å². The van der Waals surface area contributed by atoms with Crippen LogP contribution in [0.5, 0.6) is 5.75 Å². The van der Waals surface area contributed by atoms with Gasteiger partial charge < -0.3 is 24.4 Å². The van der Waals surface area contributed by atoms with Crippen molar-refractivity contribution in [3.63, 3.8) is 0 Å². The van der Waals surface area contributed by atoms with E-state index in [0.717, 1.165) is 24.2 Å². The lowest BCUT2D eigenvalue weighted by molar-refractivity contribution is -0.134. The molecule has 3 aromatic rings. The van der Waals surface area contributed by atoms with Crippen molar-refractivity contribution in [1.29, 1.82) is 0 Å². The molecule has 0 unspecified atom stereocenters. The van der Waals surface area contributed by atoms with Gasteiger partial charge in [-0.25, -0.2) is 0 Å². The Morgan fingerprint density at radius 2 is 1.82 bits per heavy atom. The van der Waals surface area contributed by atoms with E-state index in [0.29, 0.717) is 31.0 Å². The van der Waals surface area contributed by atoms with E-state index in [-0.39, 0.29) is 11.6 Å². The van der Waals surface area contributed by atoms with Gasteiger partial charge in [-0.3, -0.25) is 9.59 Å². The Bertz CT molecular complexity index is 1090. The highest BCUT2D eigenvalue weighted by atomic mass is 16.5. The highest BCUT2D eigenvalue weighted by molar-refractivity contribution is 5.96. The molecule has 2 aromatic carbocycles. The number of aromatic nitrogens is 1. The standard InChI is InChI=1S/C25H28N4O4/c1-28-11-13-29(14-12-28)25(31)22(15-18-7-4-3-5-8-18)26-24(30)21-17-23(33-27-21)19-9-6-10-20(16-19)32-2/h3-10,16-17,22H,11-15H2,1-2H3,(H,26,30)/t22-/m0/s1. The zero-order valence-corrected chi connectivity index (χ0v) is 18.9. The molecule has 8 nitrogen and oxygen atoms in total. The van der Waals surface area contributed by atoms with Crippen molar-refractivity contribution in [2.24, 2.45) is 0 Å². The molecular formula is C25H28N4O4. The summed E-state index contributed by atoms with van der Waals surface area (Å²) < 4.78 is 10.6. The number of hydrogen-bond acceptors (Lipinski definition) is 6. The molecule has 0 radical (unpaired) electrons. The molecule has 1 aromatic heterocycles. The summed E-state index contributed by atoms with van der Waals surface area (Å²) in [4.78, 5) is 30.3. The van der Waals surface area contributed by atoms with Crippen LogP contribution < -0.4 is 10.1 Å². The predicted molar refractivity (Wildman–Crippen MR) is 124 cm³/mol. The normalized spacial score (nSPS) is 15.2. The van der Waals surface area contributed by atoms with Gasteiger partial charge in [0.05, 0.1) is 7.11 Å². The summed E-state index contributed by atoms with van der Waals surface area (Å²) in [7, 11) is 3.62. The quantitative estimate of drug-likeness (QED) is 0.598. The van der Waals surface area contributed by atoms with E-state index >= 15 is 0 Å². The van der Waals surface area contributed by atoms with Crippen LogP contribution in [0.1, 0.15) is 16.1 Å². The molecule has 1 aliphatic heterocycles. The lowest BCUT2D eigenvalue weighted by Gasteiger charge is -2.34. The maximum Gasteiger partial charge on any atom is 0.274 e. The molecule has 1 fully saturated rings. The number of carbonyl (C=O) groups is 2. The molecule has 1 atom stereocenters. The first-order valence-electron chi connectivity index (χ1n) is 11.0. The lowest BCUT2D eigenvalue weighted by Crippen LogP contribution is -2.55. The molecule has 4 rings (SSSR count). The van der Waals surface area contributed by atoms with Gasteiger partial charge in [-0.05, 0) is 24.7 Å². The van der Waals surface area contributed by atoms with E-state index in [4.69, 9.17) is 9.26 Å². The fourth-order valence-corrected chi connectivity index (χ4v) is 3.82. The van der Waals surface area contributed by atoms with Gasteiger partial charge in [0, 0.05) is 44.2 Å². The van der Waals surface area contributed by atoms with Gasteiger partial charge >= 0.3 is 0 Å². The number of nitrogens with one attached hydrogen (secondary N) is 1. The monoisotopic (exact) mass is 448 g/mol. The molecule has 1 saturated heterocycles. The summed E-state index contributed by atoms with van der Waals surface area (Å²) in [6.45, 7) is 2.90. The van der Waals surface area contributed by atoms with Crippen LogP contribution in [0.2, 0.25) is 0 Å². The molecule has 172 valence electrons. The number of ether oxygens (including phenoxy) is 1. The van der Waals surface area contributed by atoms with Crippen molar-refractivity contribution in [1.82, 2.24) is 20.3 Å². The largest absolute Gasteiger partial charge is 0.497 e. The van der Waals surface area contributed by atoms with Crippen molar-refractivity contribution >= 4 is 11.8 Å². The van der Waals surface area contributed by atoms with Gasteiger partial charge in [0.1, 0.15) is 11.8 Å². The summed E-state index contributed by atoms with van der Waals surface area (Å²) >= 11 is 0. The van der Waals surface area contributed by atoms with Crippen LogP contribution in [-0.2, 0) is 11.2 Å². The number of benzene rings is 2. The minimum absolute atomic E-state index is 0.0863. The van der Waals surface area contributed by atoms with Crippen LogP contribution >= 0.6 is 0 Å². The molecule has 0 spiro atoms. The summed E-state index contributed by atoms with van der Waals surface area (Å²) in [6.07, 6.45) is 0.401. The third kappa shape index (κ3) is 5.59. The Balaban J connectivity index is 1.51. The molecule has 33 heavy (non-hydrogen) atoms. The highest BCUT2D eigenvalue weighted by Crippen LogP contribution is 2.24. The van der Waals surface area contributed by atoms with Crippen LogP contribution in [0.3, 0.4) is 0 Å². The number of amides is 2. The predicted octanol–water partition coefficient (Wildman–Crippen LogP) is 2.47. The molecule has 2 amide bonds. The summed E-state index contributed by atoms with van der Waals surface area (Å²) in [6, 6.07) is 17.9. The van der Waals surface area contributed by atoms with Gasteiger partial charge in [-0.15, -0.1) is 0 Å². The van der Waals surface area contributed by atoms with Gasteiger partial charge in [0.15, 0.2) is 11.5 Å². The second kappa shape index (κ2) is 10.3. The number of carbonyl (C=O) groups excluding carboxylic acids is 2. The average molecular weight is 449 g/mol. The van der Waals surface area contributed by atoms with Crippen molar-refractivity contribution < 1.29 is 18.8 Å². The van der Waals surface area contributed by atoms with E-state index in [1.165, 1.54) is 0 Å². The van der Waals surface area contributed by atoms with Gasteiger partial charge in [-0.2, -0.15) is 0 Å². The molecule has 2 heterocycles. The smallest absolute Gasteiger partial charge is 0.274 e. The number of rotatable bonds is 7. The lowest BCUT2D eigenvalue weighted by atomic mass is 10.0. The molecule has 0 aliphatic carbocycles. The van der Waals surface area contributed by atoms with E-state index in [1.54, 1.807) is 19.2 Å². The first-order valence-corrected chi connectivity index (χ1v) is 11.0. The maximum atomic E-state index is 13.3. The first kappa shape index (κ1) is 22.5. The average Bonchev–Trinajstić information content (AvgIpc) is 3.35. The third-order valence-electron chi connectivity index (χ3n) is 5.80. The molecule has 8 heteroatoms. The van der Waals surface area contributed by atoms with E-state index in [1.807, 2.05) is 60.5 Å². The van der Waals surface area contributed by atoms with E-state index in [2.05, 4.69) is 15.4 Å². The molecule has 0 bridgehead atoms.